The predicted molar refractivity (Wildman–Crippen MR) is 127 cm³/mol. The number of halogens is 1. The lowest BCUT2D eigenvalue weighted by atomic mass is 9.89. The predicted octanol–water partition coefficient (Wildman–Crippen LogP) is 3.97. The van der Waals surface area contributed by atoms with Crippen molar-refractivity contribution in [3.05, 3.63) is 60.4 Å². The summed E-state index contributed by atoms with van der Waals surface area (Å²) in [7, 11) is 0. The molecule has 1 amide bonds. The zero-order valence-electron chi connectivity index (χ0n) is 20.0. The third kappa shape index (κ3) is 4.84. The first-order valence-electron chi connectivity index (χ1n) is 11.8. The van der Waals surface area contributed by atoms with Crippen LogP contribution >= 0.6 is 0 Å². The van der Waals surface area contributed by atoms with E-state index < -0.39 is 11.7 Å². The summed E-state index contributed by atoms with van der Waals surface area (Å²) in [6.07, 6.45) is 2.62. The third-order valence-electron chi connectivity index (χ3n) is 6.36. The second kappa shape index (κ2) is 9.49. The minimum absolute atomic E-state index is 0.00173. The molecular weight excluding hydrogens is 451 g/mol. The highest BCUT2D eigenvalue weighted by molar-refractivity contribution is 5.83. The number of hydrogen-bond acceptors (Lipinski definition) is 6. The van der Waals surface area contributed by atoms with Gasteiger partial charge in [0.05, 0.1) is 42.2 Å². The molecule has 2 saturated heterocycles. The standard InChI is InChI=1S/C26H29FN4O4/c1-16-12-31(13-17(2)35-16)25(32)26(3)14-33-24(34-15-26)23-29-21(18-4-6-20(27)7-5-18)22(30-23)19-8-10-28-11-9-19/h4-11,16-17,24H,12-15H2,1-3H3,(H,29,30). The Morgan fingerprint density at radius 2 is 1.66 bits per heavy atom. The summed E-state index contributed by atoms with van der Waals surface area (Å²) >= 11 is 0. The van der Waals surface area contributed by atoms with Crippen LogP contribution in [0.4, 0.5) is 4.39 Å². The second-order valence-electron chi connectivity index (χ2n) is 9.57. The van der Waals surface area contributed by atoms with Crippen LogP contribution in [0.1, 0.15) is 32.9 Å². The Morgan fingerprint density at radius 3 is 2.29 bits per heavy atom. The van der Waals surface area contributed by atoms with Crippen LogP contribution < -0.4 is 0 Å². The number of benzene rings is 1. The van der Waals surface area contributed by atoms with Crippen LogP contribution in [-0.2, 0) is 19.0 Å². The molecule has 184 valence electrons. The van der Waals surface area contributed by atoms with Gasteiger partial charge >= 0.3 is 0 Å². The highest BCUT2D eigenvalue weighted by atomic mass is 19.1. The number of morpholine rings is 1. The van der Waals surface area contributed by atoms with Crippen LogP contribution in [0.5, 0.6) is 0 Å². The molecular formula is C26H29FN4O4. The van der Waals surface area contributed by atoms with Gasteiger partial charge in [-0.3, -0.25) is 9.78 Å². The zero-order chi connectivity index (χ0) is 24.6. The number of imidazole rings is 1. The van der Waals surface area contributed by atoms with Crippen molar-refractivity contribution in [3.8, 4) is 22.5 Å². The van der Waals surface area contributed by atoms with Gasteiger partial charge in [0.2, 0.25) is 12.2 Å². The Morgan fingerprint density at radius 1 is 1.03 bits per heavy atom. The van der Waals surface area contributed by atoms with Crippen molar-refractivity contribution in [1.82, 2.24) is 19.9 Å². The Balaban J connectivity index is 1.37. The number of ether oxygens (including phenoxy) is 3. The fourth-order valence-electron chi connectivity index (χ4n) is 4.66. The van der Waals surface area contributed by atoms with Gasteiger partial charge in [-0.15, -0.1) is 0 Å². The average molecular weight is 481 g/mol. The number of pyridine rings is 1. The lowest BCUT2D eigenvalue weighted by molar-refractivity contribution is -0.236. The first-order valence-corrected chi connectivity index (χ1v) is 11.8. The molecule has 8 nitrogen and oxygen atoms in total. The maximum Gasteiger partial charge on any atom is 0.233 e. The smallest absolute Gasteiger partial charge is 0.233 e. The summed E-state index contributed by atoms with van der Waals surface area (Å²) in [5.74, 6) is 0.169. The molecule has 2 aliphatic rings. The molecule has 2 aliphatic heterocycles. The maximum absolute atomic E-state index is 13.5. The molecule has 2 atom stereocenters. The second-order valence-corrected chi connectivity index (χ2v) is 9.57. The first kappa shape index (κ1) is 23.6. The maximum atomic E-state index is 13.5. The van der Waals surface area contributed by atoms with Crippen molar-refractivity contribution >= 4 is 5.91 Å². The Kier molecular flexibility index (Phi) is 6.39. The fraction of sp³-hybridized carbons (Fsp3) is 0.423. The number of carbonyl (C=O) groups excluding carboxylic acids is 1. The van der Waals surface area contributed by atoms with Crippen LogP contribution in [0.15, 0.2) is 48.8 Å². The number of rotatable bonds is 4. The van der Waals surface area contributed by atoms with Crippen molar-refractivity contribution < 1.29 is 23.4 Å². The third-order valence-corrected chi connectivity index (χ3v) is 6.36. The van der Waals surface area contributed by atoms with Gasteiger partial charge < -0.3 is 24.1 Å². The molecule has 0 aliphatic carbocycles. The Labute approximate surface area is 203 Å². The largest absolute Gasteiger partial charge is 0.372 e. The molecule has 35 heavy (non-hydrogen) atoms. The van der Waals surface area contributed by atoms with E-state index >= 15 is 0 Å². The van der Waals surface area contributed by atoms with E-state index in [0.29, 0.717) is 24.6 Å². The van der Waals surface area contributed by atoms with Crippen molar-refractivity contribution in [3.63, 3.8) is 0 Å². The highest BCUT2D eigenvalue weighted by Gasteiger charge is 2.44. The van der Waals surface area contributed by atoms with E-state index in [4.69, 9.17) is 19.2 Å². The number of nitrogens with zero attached hydrogens (tertiary/aromatic N) is 3. The van der Waals surface area contributed by atoms with Crippen LogP contribution in [0, 0.1) is 11.2 Å². The molecule has 2 unspecified atom stereocenters. The molecule has 0 radical (unpaired) electrons. The van der Waals surface area contributed by atoms with Gasteiger partial charge in [0.15, 0.2) is 5.82 Å². The minimum Gasteiger partial charge on any atom is -0.372 e. The van der Waals surface area contributed by atoms with Crippen LogP contribution in [0.25, 0.3) is 22.5 Å². The van der Waals surface area contributed by atoms with Crippen molar-refractivity contribution in [2.24, 2.45) is 5.41 Å². The van der Waals surface area contributed by atoms with Crippen LogP contribution in [0.2, 0.25) is 0 Å². The summed E-state index contributed by atoms with van der Waals surface area (Å²) in [4.78, 5) is 27.3. The number of amides is 1. The molecule has 5 rings (SSSR count). The molecule has 4 heterocycles. The molecule has 2 fully saturated rings. The summed E-state index contributed by atoms with van der Waals surface area (Å²) in [6, 6.07) is 9.90. The van der Waals surface area contributed by atoms with Gasteiger partial charge in [0.1, 0.15) is 5.82 Å². The van der Waals surface area contributed by atoms with Gasteiger partial charge in [-0.2, -0.15) is 0 Å². The van der Waals surface area contributed by atoms with Crippen molar-refractivity contribution in [1.29, 1.82) is 0 Å². The normalized spacial score (nSPS) is 27.1. The van der Waals surface area contributed by atoms with E-state index in [2.05, 4.69) is 9.97 Å². The van der Waals surface area contributed by atoms with E-state index in [1.54, 1.807) is 24.5 Å². The summed E-state index contributed by atoms with van der Waals surface area (Å²) in [5, 5.41) is 0. The average Bonchev–Trinajstić information content (AvgIpc) is 3.30. The lowest BCUT2D eigenvalue weighted by Gasteiger charge is -2.42. The van der Waals surface area contributed by atoms with Gasteiger partial charge in [-0.1, -0.05) is 0 Å². The monoisotopic (exact) mass is 480 g/mol. The Hall–Kier alpha value is -3.14. The molecule has 0 saturated carbocycles. The van der Waals surface area contributed by atoms with Crippen molar-refractivity contribution in [2.45, 2.75) is 39.3 Å². The van der Waals surface area contributed by atoms with Crippen LogP contribution in [-0.4, -0.2) is 64.3 Å². The van der Waals surface area contributed by atoms with Crippen LogP contribution in [0.3, 0.4) is 0 Å². The van der Waals surface area contributed by atoms with Gasteiger partial charge in [0.25, 0.3) is 0 Å². The number of nitrogens with one attached hydrogen (secondary N) is 1. The quantitative estimate of drug-likeness (QED) is 0.608. The summed E-state index contributed by atoms with van der Waals surface area (Å²) < 4.78 is 31.4. The molecule has 9 heteroatoms. The number of H-pyrrole nitrogens is 1. The summed E-state index contributed by atoms with van der Waals surface area (Å²) in [5.41, 5.74) is 2.24. The highest BCUT2D eigenvalue weighted by Crippen LogP contribution is 2.36. The number of aromatic amines is 1. The van der Waals surface area contributed by atoms with Crippen molar-refractivity contribution in [2.75, 3.05) is 26.3 Å². The minimum atomic E-state index is -0.798. The first-order chi connectivity index (χ1) is 16.8. The number of aromatic nitrogens is 3. The number of hydrogen-bond donors (Lipinski definition) is 1. The van der Waals surface area contributed by atoms with Gasteiger partial charge in [-0.05, 0) is 57.2 Å². The zero-order valence-corrected chi connectivity index (χ0v) is 20.0. The molecule has 1 aromatic carbocycles. The van der Waals surface area contributed by atoms with E-state index in [1.807, 2.05) is 37.8 Å². The summed E-state index contributed by atoms with van der Waals surface area (Å²) in [6.45, 7) is 7.32. The molecule has 1 N–H and O–H groups in total. The van der Waals surface area contributed by atoms with E-state index in [0.717, 1.165) is 16.8 Å². The lowest BCUT2D eigenvalue weighted by Crippen LogP contribution is -2.56. The van der Waals surface area contributed by atoms with Gasteiger partial charge in [-0.25, -0.2) is 9.37 Å². The SMILES string of the molecule is CC1CN(C(=O)C2(C)COC(c3nc(-c4ccc(F)cc4)c(-c4ccncc4)[nH]3)OC2)CC(C)O1. The molecule has 2 aromatic heterocycles. The van der Waals surface area contributed by atoms with E-state index in [-0.39, 0.29) is 37.1 Å². The van der Waals surface area contributed by atoms with Gasteiger partial charge in [0, 0.05) is 36.6 Å². The molecule has 0 spiro atoms. The topological polar surface area (TPSA) is 89.6 Å². The molecule has 0 bridgehead atoms. The Bertz CT molecular complexity index is 1170. The van der Waals surface area contributed by atoms with E-state index in [9.17, 15) is 9.18 Å². The van der Waals surface area contributed by atoms with E-state index in [1.165, 1.54) is 12.1 Å². The number of carbonyl (C=O) groups is 1. The fourth-order valence-corrected chi connectivity index (χ4v) is 4.66. The molecule has 3 aromatic rings.